The predicted molar refractivity (Wildman–Crippen MR) is 87.4 cm³/mol. The molecular weight excluding hydrogens is 350 g/mol. The minimum absolute atomic E-state index is 0.505. The van der Waals surface area contributed by atoms with Crippen LogP contribution in [0.25, 0.3) is 15.5 Å². The Morgan fingerprint density at radius 2 is 2.05 bits per heavy atom. The molecular formula is C14H14BrN5S. The third-order valence-corrected chi connectivity index (χ3v) is 5.65. The number of fused-ring (bicyclic) bond motifs is 1. The Kier molecular flexibility index (Phi) is 3.19. The van der Waals surface area contributed by atoms with Gasteiger partial charge >= 0.3 is 0 Å². The van der Waals surface area contributed by atoms with Gasteiger partial charge in [-0.05, 0) is 40.9 Å². The quantitative estimate of drug-likeness (QED) is 0.701. The number of nitrogens with zero attached hydrogens (tertiary/aromatic N) is 4. The second-order valence-electron chi connectivity index (χ2n) is 5.38. The smallest absolute Gasteiger partial charge is 0.234 e. The van der Waals surface area contributed by atoms with E-state index in [0.717, 1.165) is 31.5 Å². The maximum absolute atomic E-state index is 5.95. The molecule has 1 aliphatic rings. The summed E-state index contributed by atoms with van der Waals surface area (Å²) in [6, 6.07) is 5.90. The molecule has 5 nitrogen and oxygen atoms in total. The first-order valence-electron chi connectivity index (χ1n) is 7.00. The van der Waals surface area contributed by atoms with E-state index in [1.54, 1.807) is 11.3 Å². The standard InChI is InChI=1S/C14H14BrN5S/c15-10-6-5-9(7-11(10)16)13-19-20-12(8-3-1-2-4-8)17-18-14(20)21-13/h5-8H,1-4,16H2. The van der Waals surface area contributed by atoms with E-state index in [4.69, 9.17) is 10.8 Å². The third kappa shape index (κ3) is 2.24. The van der Waals surface area contributed by atoms with E-state index >= 15 is 0 Å². The van der Waals surface area contributed by atoms with Gasteiger partial charge in [0.25, 0.3) is 0 Å². The monoisotopic (exact) mass is 363 g/mol. The normalized spacial score (nSPS) is 16.0. The first kappa shape index (κ1) is 13.2. The van der Waals surface area contributed by atoms with E-state index in [0.29, 0.717) is 5.92 Å². The van der Waals surface area contributed by atoms with Crippen molar-refractivity contribution in [3.63, 3.8) is 0 Å². The summed E-state index contributed by atoms with van der Waals surface area (Å²) in [6.07, 6.45) is 4.94. The van der Waals surface area contributed by atoms with Crippen LogP contribution >= 0.6 is 27.3 Å². The minimum Gasteiger partial charge on any atom is -0.398 e. The molecule has 1 saturated carbocycles. The molecule has 1 aliphatic carbocycles. The number of halogens is 1. The van der Waals surface area contributed by atoms with Gasteiger partial charge in [0.2, 0.25) is 4.96 Å². The number of anilines is 1. The van der Waals surface area contributed by atoms with Gasteiger partial charge in [0.1, 0.15) is 5.01 Å². The highest BCUT2D eigenvalue weighted by Gasteiger charge is 2.24. The van der Waals surface area contributed by atoms with Crippen molar-refractivity contribution >= 4 is 37.9 Å². The van der Waals surface area contributed by atoms with Gasteiger partial charge in [0.05, 0.1) is 0 Å². The molecule has 0 atom stereocenters. The molecule has 21 heavy (non-hydrogen) atoms. The fraction of sp³-hybridized carbons (Fsp3) is 0.357. The lowest BCUT2D eigenvalue weighted by molar-refractivity contribution is 0.641. The number of hydrogen-bond donors (Lipinski definition) is 1. The van der Waals surface area contributed by atoms with E-state index in [-0.39, 0.29) is 0 Å². The zero-order valence-electron chi connectivity index (χ0n) is 11.3. The molecule has 0 aliphatic heterocycles. The van der Waals surface area contributed by atoms with Crippen LogP contribution in [0.2, 0.25) is 0 Å². The summed E-state index contributed by atoms with van der Waals surface area (Å²) in [7, 11) is 0. The van der Waals surface area contributed by atoms with Crippen LogP contribution in [0.4, 0.5) is 5.69 Å². The molecule has 1 aromatic carbocycles. The zero-order chi connectivity index (χ0) is 14.4. The number of nitrogens with two attached hydrogens (primary N) is 1. The Morgan fingerprint density at radius 3 is 2.81 bits per heavy atom. The summed E-state index contributed by atoms with van der Waals surface area (Å²) >= 11 is 4.97. The van der Waals surface area contributed by atoms with Crippen LogP contribution in [-0.2, 0) is 0 Å². The summed E-state index contributed by atoms with van der Waals surface area (Å²) in [5.41, 5.74) is 7.69. The van der Waals surface area contributed by atoms with E-state index < -0.39 is 0 Å². The van der Waals surface area contributed by atoms with Gasteiger partial charge in [-0.25, -0.2) is 0 Å². The first-order valence-corrected chi connectivity index (χ1v) is 8.61. The molecule has 2 aromatic heterocycles. The topological polar surface area (TPSA) is 69.1 Å². The predicted octanol–water partition coefficient (Wildman–Crippen LogP) is 3.86. The van der Waals surface area contributed by atoms with Crippen molar-refractivity contribution < 1.29 is 0 Å². The molecule has 108 valence electrons. The molecule has 0 spiro atoms. The molecule has 3 aromatic rings. The average Bonchev–Trinajstić information content (AvgIpc) is 3.16. The fourth-order valence-corrected chi connectivity index (χ4v) is 3.95. The van der Waals surface area contributed by atoms with Gasteiger partial charge in [0, 0.05) is 21.6 Å². The lowest BCUT2D eigenvalue weighted by atomic mass is 10.1. The van der Waals surface area contributed by atoms with E-state index in [2.05, 4.69) is 26.1 Å². The molecule has 0 bridgehead atoms. The summed E-state index contributed by atoms with van der Waals surface area (Å²) < 4.78 is 2.81. The Hall–Kier alpha value is -1.47. The summed E-state index contributed by atoms with van der Waals surface area (Å²) in [5, 5.41) is 14.2. The molecule has 0 saturated heterocycles. The van der Waals surface area contributed by atoms with Crippen LogP contribution in [0, 0.1) is 0 Å². The SMILES string of the molecule is Nc1cc(-c2nn3c(C4CCCC4)nnc3s2)ccc1Br. The highest BCUT2D eigenvalue weighted by atomic mass is 79.9. The van der Waals surface area contributed by atoms with Gasteiger partial charge < -0.3 is 5.73 Å². The molecule has 4 rings (SSSR count). The van der Waals surface area contributed by atoms with Crippen molar-refractivity contribution in [3.8, 4) is 10.6 Å². The molecule has 0 amide bonds. The highest BCUT2D eigenvalue weighted by molar-refractivity contribution is 9.10. The number of benzene rings is 1. The number of rotatable bonds is 2. The minimum atomic E-state index is 0.505. The summed E-state index contributed by atoms with van der Waals surface area (Å²) in [6.45, 7) is 0. The van der Waals surface area contributed by atoms with Crippen LogP contribution in [0.1, 0.15) is 37.4 Å². The van der Waals surface area contributed by atoms with Crippen LogP contribution in [-0.4, -0.2) is 19.8 Å². The third-order valence-electron chi connectivity index (χ3n) is 3.98. The summed E-state index contributed by atoms with van der Waals surface area (Å²) in [5.74, 6) is 1.51. The van der Waals surface area contributed by atoms with Crippen LogP contribution in [0.5, 0.6) is 0 Å². The largest absolute Gasteiger partial charge is 0.398 e. The number of nitrogen functional groups attached to an aromatic ring is 1. The molecule has 2 N–H and O–H groups in total. The van der Waals surface area contributed by atoms with Gasteiger partial charge in [0.15, 0.2) is 5.82 Å². The molecule has 7 heteroatoms. The molecule has 1 fully saturated rings. The first-order chi connectivity index (χ1) is 10.2. The van der Waals surface area contributed by atoms with Gasteiger partial charge in [-0.2, -0.15) is 9.61 Å². The number of aromatic nitrogens is 4. The number of hydrogen-bond acceptors (Lipinski definition) is 5. The summed E-state index contributed by atoms with van der Waals surface area (Å²) in [4.78, 5) is 0.855. The van der Waals surface area contributed by atoms with Crippen molar-refractivity contribution in [2.24, 2.45) is 0 Å². The van der Waals surface area contributed by atoms with Gasteiger partial charge in [-0.3, -0.25) is 0 Å². The second kappa shape index (κ2) is 5.06. The van der Waals surface area contributed by atoms with Gasteiger partial charge in [-0.15, -0.1) is 10.2 Å². The average molecular weight is 364 g/mol. The second-order valence-corrected chi connectivity index (χ2v) is 7.19. The molecule has 0 unspecified atom stereocenters. The van der Waals surface area contributed by atoms with Crippen molar-refractivity contribution in [2.45, 2.75) is 31.6 Å². The Balaban J connectivity index is 1.78. The van der Waals surface area contributed by atoms with E-state index in [1.165, 1.54) is 25.7 Å². The Labute approximate surface area is 134 Å². The van der Waals surface area contributed by atoms with Crippen LogP contribution in [0.15, 0.2) is 22.7 Å². The zero-order valence-corrected chi connectivity index (χ0v) is 13.7. The lowest BCUT2D eigenvalue weighted by Gasteiger charge is -2.03. The van der Waals surface area contributed by atoms with Crippen molar-refractivity contribution in [3.05, 3.63) is 28.5 Å². The maximum Gasteiger partial charge on any atom is 0.234 e. The Bertz CT molecular complexity index is 803. The van der Waals surface area contributed by atoms with Crippen LogP contribution in [0.3, 0.4) is 0 Å². The fourth-order valence-electron chi connectivity index (χ4n) is 2.86. The van der Waals surface area contributed by atoms with Crippen molar-refractivity contribution in [1.29, 1.82) is 0 Å². The van der Waals surface area contributed by atoms with Crippen molar-refractivity contribution in [1.82, 2.24) is 19.8 Å². The van der Waals surface area contributed by atoms with E-state index in [1.807, 2.05) is 22.7 Å². The maximum atomic E-state index is 5.95. The van der Waals surface area contributed by atoms with E-state index in [9.17, 15) is 0 Å². The highest BCUT2D eigenvalue weighted by Crippen LogP contribution is 2.35. The van der Waals surface area contributed by atoms with Crippen molar-refractivity contribution in [2.75, 3.05) is 5.73 Å². The molecule has 2 heterocycles. The lowest BCUT2D eigenvalue weighted by Crippen LogP contribution is -2.01. The molecule has 0 radical (unpaired) electrons. The van der Waals surface area contributed by atoms with Crippen LogP contribution < -0.4 is 5.73 Å². The Morgan fingerprint density at radius 1 is 1.24 bits per heavy atom. The van der Waals surface area contributed by atoms with Gasteiger partial charge in [-0.1, -0.05) is 30.2 Å².